The number of aromatic nitrogens is 1. The summed E-state index contributed by atoms with van der Waals surface area (Å²) in [5.41, 5.74) is 2.93. The topological polar surface area (TPSA) is 80.4 Å². The lowest BCUT2D eigenvalue weighted by molar-refractivity contribution is -0.384. The monoisotopic (exact) mass is 360 g/mol. The normalized spacial score (nSPS) is 13.2. The Hall–Kier alpha value is -2.51. The summed E-state index contributed by atoms with van der Waals surface area (Å²) in [5.74, 6) is 0.927. The number of halogens is 1. The minimum Gasteiger partial charge on any atom is -0.368 e. The molecule has 0 aliphatic carbocycles. The predicted molar refractivity (Wildman–Crippen MR) is 98.4 cm³/mol. The molecule has 0 unspecified atom stereocenters. The number of hydrogen-bond acceptors (Lipinski definition) is 6. The second kappa shape index (κ2) is 6.54. The van der Waals surface area contributed by atoms with Gasteiger partial charge in [-0.25, -0.2) is 4.98 Å². The fraction of sp³-hybridized carbons (Fsp3) is 0.125. The Kier molecular flexibility index (Phi) is 4.46. The quantitative estimate of drug-likeness (QED) is 0.571. The molecule has 2 heterocycles. The van der Waals surface area contributed by atoms with Gasteiger partial charge in [-0.2, -0.15) is 0 Å². The predicted octanol–water partition coefficient (Wildman–Crippen LogP) is 3.64. The van der Waals surface area contributed by atoms with Crippen molar-refractivity contribution in [2.75, 3.05) is 13.1 Å². The lowest BCUT2D eigenvalue weighted by Crippen LogP contribution is -2.19. The number of fused-ring (bicyclic) bond motifs is 1. The lowest BCUT2D eigenvalue weighted by Gasteiger charge is -2.03. The van der Waals surface area contributed by atoms with E-state index in [1.165, 1.54) is 17.4 Å². The number of nitro groups is 1. The van der Waals surface area contributed by atoms with Crippen molar-refractivity contribution in [3.8, 4) is 10.6 Å². The summed E-state index contributed by atoms with van der Waals surface area (Å²) < 4.78 is 0.820. The van der Waals surface area contributed by atoms with Crippen LogP contribution in [-0.2, 0) is 0 Å². The van der Waals surface area contributed by atoms with E-state index >= 15 is 0 Å². The summed E-state index contributed by atoms with van der Waals surface area (Å²) in [6.07, 6.45) is 0. The van der Waals surface area contributed by atoms with Crippen molar-refractivity contribution in [3.05, 3.63) is 58.1 Å². The fourth-order valence-electron chi connectivity index (χ4n) is 2.51. The average Bonchev–Trinajstić information content (AvgIpc) is 3.23. The maximum absolute atomic E-state index is 10.9. The van der Waals surface area contributed by atoms with Gasteiger partial charge in [-0.3, -0.25) is 15.1 Å². The molecule has 0 saturated heterocycles. The maximum Gasteiger partial charge on any atom is 0.270 e. The van der Waals surface area contributed by atoms with Crippen LogP contribution in [0.5, 0.6) is 0 Å². The molecule has 1 aliphatic rings. The Morgan fingerprint density at radius 1 is 1.12 bits per heavy atom. The van der Waals surface area contributed by atoms with Crippen LogP contribution in [0.2, 0.25) is 0 Å². The van der Waals surface area contributed by atoms with Crippen LogP contribution in [0.3, 0.4) is 0 Å². The molecular weight excluding hydrogens is 348 g/mol. The first-order valence-corrected chi connectivity index (χ1v) is 7.96. The van der Waals surface area contributed by atoms with Crippen molar-refractivity contribution in [1.29, 1.82) is 0 Å². The van der Waals surface area contributed by atoms with E-state index in [4.69, 9.17) is 0 Å². The van der Waals surface area contributed by atoms with Crippen molar-refractivity contribution in [2.45, 2.75) is 0 Å². The molecule has 0 bridgehead atoms. The van der Waals surface area contributed by atoms with E-state index in [-0.39, 0.29) is 23.0 Å². The van der Waals surface area contributed by atoms with E-state index in [0.717, 1.165) is 45.3 Å². The van der Waals surface area contributed by atoms with Crippen LogP contribution in [0.1, 0.15) is 5.56 Å². The number of nitrogens with zero attached hydrogens (tertiary/aromatic N) is 3. The van der Waals surface area contributed by atoms with Crippen LogP contribution in [0.4, 0.5) is 5.69 Å². The zero-order valence-electron chi connectivity index (χ0n) is 12.4. The SMILES string of the molecule is Cl.O=[N+]([O-])c1ccc2nc(-c3ccc(C4=NCCN4)cc3)sc2c1. The standard InChI is InChI=1S/C16H12N4O2S.ClH/c21-20(22)12-5-6-13-14(9-12)23-16(19-13)11-3-1-10(2-4-11)15-17-7-8-18-15;/h1-6,9H,7-8H2,(H,17,18);1H. The second-order valence-corrected chi connectivity index (χ2v) is 6.19. The van der Waals surface area contributed by atoms with Crippen LogP contribution >= 0.6 is 23.7 Å². The van der Waals surface area contributed by atoms with Gasteiger partial charge in [0.15, 0.2) is 0 Å². The number of hydrogen-bond donors (Lipinski definition) is 1. The van der Waals surface area contributed by atoms with Crippen LogP contribution < -0.4 is 5.32 Å². The lowest BCUT2D eigenvalue weighted by atomic mass is 10.1. The highest BCUT2D eigenvalue weighted by Gasteiger charge is 2.12. The summed E-state index contributed by atoms with van der Waals surface area (Å²) >= 11 is 1.46. The Bertz CT molecular complexity index is 937. The summed E-state index contributed by atoms with van der Waals surface area (Å²) in [7, 11) is 0. The van der Waals surface area contributed by atoms with Gasteiger partial charge in [-0.15, -0.1) is 23.7 Å². The molecule has 4 rings (SSSR count). The first-order chi connectivity index (χ1) is 11.2. The molecule has 1 aliphatic heterocycles. The highest BCUT2D eigenvalue weighted by atomic mass is 35.5. The summed E-state index contributed by atoms with van der Waals surface area (Å²) in [6.45, 7) is 1.70. The Balaban J connectivity index is 0.00000169. The van der Waals surface area contributed by atoms with Gasteiger partial charge in [-0.1, -0.05) is 24.3 Å². The molecule has 0 saturated carbocycles. The highest BCUT2D eigenvalue weighted by molar-refractivity contribution is 7.21. The van der Waals surface area contributed by atoms with Gasteiger partial charge in [0.05, 0.1) is 21.7 Å². The molecule has 0 atom stereocenters. The maximum atomic E-state index is 10.9. The van der Waals surface area contributed by atoms with Gasteiger partial charge in [0.1, 0.15) is 10.8 Å². The molecule has 1 aromatic heterocycles. The number of non-ortho nitro benzene ring substituents is 1. The van der Waals surface area contributed by atoms with Crippen LogP contribution in [-0.4, -0.2) is 28.8 Å². The molecule has 24 heavy (non-hydrogen) atoms. The van der Waals surface area contributed by atoms with E-state index in [1.54, 1.807) is 12.1 Å². The largest absolute Gasteiger partial charge is 0.368 e. The van der Waals surface area contributed by atoms with Crippen LogP contribution in [0.15, 0.2) is 47.5 Å². The molecular formula is C16H13ClN4O2S. The number of thiazole rings is 1. The van der Waals surface area contributed by atoms with E-state index in [2.05, 4.69) is 15.3 Å². The molecule has 122 valence electrons. The minimum absolute atomic E-state index is 0. The van der Waals surface area contributed by atoms with E-state index in [9.17, 15) is 10.1 Å². The van der Waals surface area contributed by atoms with Crippen molar-refractivity contribution in [1.82, 2.24) is 10.3 Å². The number of rotatable bonds is 3. The number of aliphatic imine (C=N–C) groups is 1. The Morgan fingerprint density at radius 3 is 2.54 bits per heavy atom. The molecule has 2 aromatic carbocycles. The number of nitro benzene ring substituents is 1. The summed E-state index contributed by atoms with van der Waals surface area (Å²) in [6, 6.07) is 12.8. The summed E-state index contributed by atoms with van der Waals surface area (Å²) in [5, 5.41) is 15.0. The van der Waals surface area contributed by atoms with Crippen molar-refractivity contribution in [2.24, 2.45) is 4.99 Å². The molecule has 3 aromatic rings. The van der Waals surface area contributed by atoms with E-state index in [1.807, 2.05) is 24.3 Å². The van der Waals surface area contributed by atoms with Crippen molar-refractivity contribution < 1.29 is 4.92 Å². The number of benzene rings is 2. The molecule has 0 spiro atoms. The van der Waals surface area contributed by atoms with Gasteiger partial charge in [-0.05, 0) is 6.07 Å². The third-order valence-corrected chi connectivity index (χ3v) is 4.73. The molecule has 0 amide bonds. The van der Waals surface area contributed by atoms with Gasteiger partial charge in [0.2, 0.25) is 0 Å². The van der Waals surface area contributed by atoms with Crippen LogP contribution in [0, 0.1) is 10.1 Å². The third kappa shape index (κ3) is 2.95. The van der Waals surface area contributed by atoms with Crippen molar-refractivity contribution in [3.63, 3.8) is 0 Å². The third-order valence-electron chi connectivity index (χ3n) is 3.66. The van der Waals surface area contributed by atoms with Crippen molar-refractivity contribution >= 4 is 45.5 Å². The van der Waals surface area contributed by atoms with E-state index < -0.39 is 0 Å². The van der Waals surface area contributed by atoms with Gasteiger partial charge < -0.3 is 5.32 Å². The van der Waals surface area contributed by atoms with Crippen LogP contribution in [0.25, 0.3) is 20.8 Å². The first-order valence-electron chi connectivity index (χ1n) is 7.15. The zero-order chi connectivity index (χ0) is 15.8. The van der Waals surface area contributed by atoms with Gasteiger partial charge in [0.25, 0.3) is 5.69 Å². The average molecular weight is 361 g/mol. The second-order valence-electron chi connectivity index (χ2n) is 5.16. The number of amidine groups is 1. The fourth-order valence-corrected chi connectivity index (χ4v) is 3.52. The highest BCUT2D eigenvalue weighted by Crippen LogP contribution is 2.32. The Morgan fingerprint density at radius 2 is 1.88 bits per heavy atom. The molecule has 8 heteroatoms. The molecule has 0 fully saturated rings. The smallest absolute Gasteiger partial charge is 0.270 e. The summed E-state index contributed by atoms with van der Waals surface area (Å²) in [4.78, 5) is 19.4. The van der Waals surface area contributed by atoms with Gasteiger partial charge in [0, 0.05) is 29.8 Å². The Labute approximate surface area is 147 Å². The molecule has 0 radical (unpaired) electrons. The van der Waals surface area contributed by atoms with E-state index in [0.29, 0.717) is 0 Å². The zero-order valence-corrected chi connectivity index (χ0v) is 14.1. The molecule has 6 nitrogen and oxygen atoms in total. The minimum atomic E-state index is -0.386. The van der Waals surface area contributed by atoms with Gasteiger partial charge >= 0.3 is 0 Å². The first kappa shape index (κ1) is 16.4. The molecule has 1 N–H and O–H groups in total. The number of nitrogens with one attached hydrogen (secondary N) is 1.